The van der Waals surface area contributed by atoms with Gasteiger partial charge in [-0.3, -0.25) is 0 Å². The van der Waals surface area contributed by atoms with E-state index in [1.807, 2.05) is 0 Å². The number of nitrogens with zero attached hydrogens (tertiary/aromatic N) is 1. The van der Waals surface area contributed by atoms with E-state index in [1.54, 1.807) is 0 Å². The lowest BCUT2D eigenvalue weighted by Gasteiger charge is -2.27. The Hall–Kier alpha value is -0.860. The van der Waals surface area contributed by atoms with Crippen LogP contribution in [0, 0.1) is 13.8 Å². The topological polar surface area (TPSA) is 15.3 Å². The van der Waals surface area contributed by atoms with E-state index in [0.29, 0.717) is 0 Å². The maximum atomic E-state index is 3.40. The minimum atomic E-state index is 1.16. The van der Waals surface area contributed by atoms with Gasteiger partial charge >= 0.3 is 0 Å². The lowest BCUT2D eigenvalue weighted by atomic mass is 9.99. The van der Waals surface area contributed by atoms with Crippen molar-refractivity contribution in [2.24, 2.45) is 0 Å². The van der Waals surface area contributed by atoms with E-state index in [2.05, 4.69) is 42.3 Å². The van der Waals surface area contributed by atoms with Crippen LogP contribution >= 0.6 is 0 Å². The summed E-state index contributed by atoms with van der Waals surface area (Å²) in [7, 11) is 0. The first-order chi connectivity index (χ1) is 8.77. The largest absolute Gasteiger partial charge is 0.314 e. The minimum Gasteiger partial charge on any atom is -0.314 e. The van der Waals surface area contributed by atoms with Crippen molar-refractivity contribution in [1.82, 2.24) is 10.2 Å². The second-order valence-corrected chi connectivity index (χ2v) is 5.41. The highest BCUT2D eigenvalue weighted by Crippen LogP contribution is 2.15. The average Bonchev–Trinajstić information content (AvgIpc) is 2.40. The molecule has 0 spiro atoms. The quantitative estimate of drug-likeness (QED) is 0.803. The van der Waals surface area contributed by atoms with Gasteiger partial charge in [0.1, 0.15) is 0 Å². The third-order valence-corrected chi connectivity index (χ3v) is 4.10. The number of unbranched alkanes of at least 4 members (excludes halogenated alkanes) is 1. The van der Waals surface area contributed by atoms with Crippen molar-refractivity contribution < 1.29 is 0 Å². The third kappa shape index (κ3) is 3.82. The van der Waals surface area contributed by atoms with E-state index in [1.165, 1.54) is 55.6 Å². The summed E-state index contributed by atoms with van der Waals surface area (Å²) in [6.45, 7) is 10.5. The smallest absolute Gasteiger partial charge is 0.0107 e. The number of rotatable bonds is 5. The predicted molar refractivity (Wildman–Crippen MR) is 78.2 cm³/mol. The normalized spacial score (nSPS) is 17.0. The van der Waals surface area contributed by atoms with Gasteiger partial charge in [-0.2, -0.15) is 0 Å². The molecule has 2 heteroatoms. The van der Waals surface area contributed by atoms with E-state index >= 15 is 0 Å². The zero-order valence-corrected chi connectivity index (χ0v) is 11.8. The van der Waals surface area contributed by atoms with Crippen LogP contribution in [0.1, 0.15) is 29.5 Å². The van der Waals surface area contributed by atoms with Crippen LogP contribution in [0.3, 0.4) is 0 Å². The molecular formula is C16H26N2. The van der Waals surface area contributed by atoms with E-state index < -0.39 is 0 Å². The minimum absolute atomic E-state index is 1.16. The van der Waals surface area contributed by atoms with Crippen molar-refractivity contribution in [3.8, 4) is 0 Å². The second-order valence-electron chi connectivity index (χ2n) is 5.41. The van der Waals surface area contributed by atoms with Gasteiger partial charge in [0.2, 0.25) is 0 Å². The molecule has 1 aromatic rings. The van der Waals surface area contributed by atoms with Crippen molar-refractivity contribution >= 4 is 0 Å². The Labute approximate surface area is 111 Å². The Kier molecular flexibility index (Phi) is 5.21. The second kappa shape index (κ2) is 6.91. The molecular weight excluding hydrogens is 220 g/mol. The van der Waals surface area contributed by atoms with E-state index in [-0.39, 0.29) is 0 Å². The van der Waals surface area contributed by atoms with Gasteiger partial charge in [-0.1, -0.05) is 18.2 Å². The Morgan fingerprint density at radius 2 is 1.89 bits per heavy atom. The highest BCUT2D eigenvalue weighted by atomic mass is 15.2. The summed E-state index contributed by atoms with van der Waals surface area (Å²) in [6, 6.07) is 6.68. The van der Waals surface area contributed by atoms with Crippen LogP contribution in [-0.4, -0.2) is 37.6 Å². The molecule has 100 valence electrons. The van der Waals surface area contributed by atoms with Gasteiger partial charge in [0.05, 0.1) is 0 Å². The van der Waals surface area contributed by atoms with Gasteiger partial charge in [-0.25, -0.2) is 0 Å². The maximum absolute atomic E-state index is 3.40. The zero-order valence-electron chi connectivity index (χ0n) is 11.8. The highest BCUT2D eigenvalue weighted by molar-refractivity contribution is 5.33. The van der Waals surface area contributed by atoms with Crippen molar-refractivity contribution in [2.75, 3.05) is 32.7 Å². The van der Waals surface area contributed by atoms with Crippen LogP contribution in [0.2, 0.25) is 0 Å². The summed E-state index contributed by atoms with van der Waals surface area (Å²) in [5.74, 6) is 0. The van der Waals surface area contributed by atoms with Crippen LogP contribution in [0.4, 0.5) is 0 Å². The fourth-order valence-electron chi connectivity index (χ4n) is 2.67. The maximum Gasteiger partial charge on any atom is 0.0107 e. The van der Waals surface area contributed by atoms with Gasteiger partial charge in [0.15, 0.2) is 0 Å². The summed E-state index contributed by atoms with van der Waals surface area (Å²) < 4.78 is 0. The van der Waals surface area contributed by atoms with Crippen LogP contribution in [0.5, 0.6) is 0 Å². The molecule has 0 saturated carbocycles. The first-order valence-electron chi connectivity index (χ1n) is 7.25. The van der Waals surface area contributed by atoms with Crippen molar-refractivity contribution in [1.29, 1.82) is 0 Å². The molecule has 1 fully saturated rings. The fourth-order valence-corrected chi connectivity index (χ4v) is 2.67. The summed E-state index contributed by atoms with van der Waals surface area (Å²) in [4.78, 5) is 2.58. The molecule has 1 heterocycles. The molecule has 0 unspecified atom stereocenters. The van der Waals surface area contributed by atoms with E-state index in [0.717, 1.165) is 13.1 Å². The number of benzene rings is 1. The van der Waals surface area contributed by atoms with Crippen LogP contribution < -0.4 is 5.32 Å². The molecule has 1 N–H and O–H groups in total. The molecule has 0 bridgehead atoms. The number of hydrogen-bond donors (Lipinski definition) is 1. The predicted octanol–water partition coefficient (Wildman–Crippen LogP) is 2.53. The number of hydrogen-bond acceptors (Lipinski definition) is 2. The number of nitrogens with one attached hydrogen (secondary N) is 1. The Morgan fingerprint density at radius 3 is 2.67 bits per heavy atom. The molecule has 2 rings (SSSR count). The average molecular weight is 246 g/mol. The molecule has 1 aromatic carbocycles. The molecule has 2 nitrogen and oxygen atoms in total. The SMILES string of the molecule is Cc1cccc(CCCCN2CCNCC2)c1C. The fraction of sp³-hybridized carbons (Fsp3) is 0.625. The lowest BCUT2D eigenvalue weighted by Crippen LogP contribution is -2.43. The number of piperazine rings is 1. The Morgan fingerprint density at radius 1 is 1.11 bits per heavy atom. The lowest BCUT2D eigenvalue weighted by molar-refractivity contribution is 0.237. The Balaban J connectivity index is 1.70. The van der Waals surface area contributed by atoms with Gasteiger partial charge < -0.3 is 10.2 Å². The van der Waals surface area contributed by atoms with Gasteiger partial charge in [-0.05, 0) is 56.3 Å². The first-order valence-corrected chi connectivity index (χ1v) is 7.25. The van der Waals surface area contributed by atoms with Gasteiger partial charge in [-0.15, -0.1) is 0 Å². The first kappa shape index (κ1) is 13.6. The molecule has 1 aliphatic heterocycles. The molecule has 0 aliphatic carbocycles. The van der Waals surface area contributed by atoms with Crippen LogP contribution in [0.25, 0.3) is 0 Å². The van der Waals surface area contributed by atoms with Crippen LogP contribution in [0.15, 0.2) is 18.2 Å². The van der Waals surface area contributed by atoms with Crippen molar-refractivity contribution in [2.45, 2.75) is 33.1 Å². The van der Waals surface area contributed by atoms with E-state index in [9.17, 15) is 0 Å². The summed E-state index contributed by atoms with van der Waals surface area (Å²) >= 11 is 0. The van der Waals surface area contributed by atoms with E-state index in [4.69, 9.17) is 0 Å². The zero-order chi connectivity index (χ0) is 12.8. The molecule has 0 aromatic heterocycles. The molecule has 0 amide bonds. The van der Waals surface area contributed by atoms with Gasteiger partial charge in [0, 0.05) is 26.2 Å². The van der Waals surface area contributed by atoms with Crippen LogP contribution in [-0.2, 0) is 6.42 Å². The summed E-state index contributed by atoms with van der Waals surface area (Å²) in [5, 5.41) is 3.40. The Bertz CT molecular complexity index is 367. The van der Waals surface area contributed by atoms with Gasteiger partial charge in [0.25, 0.3) is 0 Å². The molecule has 0 radical (unpaired) electrons. The molecule has 18 heavy (non-hydrogen) atoms. The van der Waals surface area contributed by atoms with Crippen molar-refractivity contribution in [3.05, 3.63) is 34.9 Å². The molecule has 1 aliphatic rings. The standard InChI is InChI=1S/C16H26N2/c1-14-6-5-8-16(15(14)2)7-3-4-11-18-12-9-17-10-13-18/h5-6,8,17H,3-4,7,9-13H2,1-2H3. The number of aryl methyl sites for hydroxylation is 2. The molecule has 0 atom stereocenters. The monoisotopic (exact) mass is 246 g/mol. The van der Waals surface area contributed by atoms with Crippen molar-refractivity contribution in [3.63, 3.8) is 0 Å². The molecule has 1 saturated heterocycles. The highest BCUT2D eigenvalue weighted by Gasteiger charge is 2.08. The summed E-state index contributed by atoms with van der Waals surface area (Å²) in [5.41, 5.74) is 4.45. The summed E-state index contributed by atoms with van der Waals surface area (Å²) in [6.07, 6.45) is 3.88. The third-order valence-electron chi connectivity index (χ3n) is 4.10.